The summed E-state index contributed by atoms with van der Waals surface area (Å²) in [5.74, 6) is 1.17. The molecule has 1 aromatic heterocycles. The first-order valence-corrected chi connectivity index (χ1v) is 7.93. The van der Waals surface area contributed by atoms with Crippen LogP contribution in [0, 0.1) is 20.8 Å². The van der Waals surface area contributed by atoms with Crippen LogP contribution in [0.15, 0.2) is 48.7 Å². The summed E-state index contributed by atoms with van der Waals surface area (Å²) in [4.78, 5) is 4.46. The van der Waals surface area contributed by atoms with E-state index in [1.807, 2.05) is 6.07 Å². The fourth-order valence-corrected chi connectivity index (χ4v) is 2.29. The number of nitrogens with one attached hydrogen (secondary N) is 2. The summed E-state index contributed by atoms with van der Waals surface area (Å²) in [6.07, 6.45) is 1.62. The summed E-state index contributed by atoms with van der Waals surface area (Å²) in [6.45, 7) is 6.92. The first-order chi connectivity index (χ1) is 11.6. The lowest BCUT2D eigenvalue weighted by Crippen LogP contribution is -2.06. The van der Waals surface area contributed by atoms with E-state index < -0.39 is 0 Å². The first-order valence-electron chi connectivity index (χ1n) is 7.93. The van der Waals surface area contributed by atoms with Crippen LogP contribution in [-0.2, 0) is 6.54 Å². The number of anilines is 3. The molecule has 1 heterocycles. The zero-order valence-corrected chi connectivity index (χ0v) is 14.2. The minimum atomic E-state index is 0.504. The van der Waals surface area contributed by atoms with E-state index in [1.54, 1.807) is 6.20 Å². The maximum atomic E-state index is 4.46. The minimum absolute atomic E-state index is 0.504. The largest absolute Gasteiger partial charge is 0.349 e. The molecule has 5 heteroatoms. The monoisotopic (exact) mass is 319 g/mol. The van der Waals surface area contributed by atoms with Gasteiger partial charge in [-0.25, -0.2) is 0 Å². The van der Waals surface area contributed by atoms with E-state index >= 15 is 0 Å². The number of rotatable bonds is 5. The molecule has 0 saturated heterocycles. The van der Waals surface area contributed by atoms with E-state index in [9.17, 15) is 0 Å². The van der Waals surface area contributed by atoms with Crippen LogP contribution in [0.25, 0.3) is 0 Å². The molecule has 0 amide bonds. The molecule has 0 aliphatic heterocycles. The van der Waals surface area contributed by atoms with Crippen LogP contribution in [0.2, 0.25) is 0 Å². The van der Waals surface area contributed by atoms with Crippen molar-refractivity contribution < 1.29 is 0 Å². The number of hydrogen-bond acceptors (Lipinski definition) is 5. The number of nitrogens with zero attached hydrogens (tertiary/aromatic N) is 3. The van der Waals surface area contributed by atoms with Gasteiger partial charge in [0.15, 0.2) is 5.82 Å². The minimum Gasteiger partial charge on any atom is -0.349 e. The van der Waals surface area contributed by atoms with Crippen LogP contribution in [0.3, 0.4) is 0 Å². The third-order valence-electron chi connectivity index (χ3n) is 3.91. The average molecular weight is 319 g/mol. The number of hydrogen-bond donors (Lipinski definition) is 2. The fourth-order valence-electron chi connectivity index (χ4n) is 2.29. The lowest BCUT2D eigenvalue weighted by Gasteiger charge is -2.09. The van der Waals surface area contributed by atoms with Crippen LogP contribution in [0.5, 0.6) is 0 Å². The number of aromatic nitrogens is 3. The quantitative estimate of drug-likeness (QED) is 0.739. The van der Waals surface area contributed by atoms with Gasteiger partial charge in [-0.3, -0.25) is 0 Å². The molecule has 0 saturated carbocycles. The van der Waals surface area contributed by atoms with Gasteiger partial charge in [-0.1, -0.05) is 35.9 Å². The summed E-state index contributed by atoms with van der Waals surface area (Å²) in [5, 5.41) is 14.5. The lowest BCUT2D eigenvalue weighted by atomic mass is 10.1. The second kappa shape index (κ2) is 7.08. The van der Waals surface area contributed by atoms with Gasteiger partial charge in [-0.05, 0) is 49.6 Å². The molecule has 0 atom stereocenters. The van der Waals surface area contributed by atoms with Crippen molar-refractivity contribution in [2.24, 2.45) is 0 Å². The normalized spacial score (nSPS) is 10.5. The molecular weight excluding hydrogens is 298 g/mol. The molecule has 122 valence electrons. The molecule has 0 spiro atoms. The summed E-state index contributed by atoms with van der Waals surface area (Å²) in [5.41, 5.74) is 5.91. The lowest BCUT2D eigenvalue weighted by molar-refractivity contribution is 0.948. The van der Waals surface area contributed by atoms with Gasteiger partial charge in [0.2, 0.25) is 5.95 Å². The zero-order chi connectivity index (χ0) is 16.9. The number of aryl methyl sites for hydroxylation is 3. The predicted octanol–water partition coefficient (Wildman–Crippen LogP) is 4.15. The van der Waals surface area contributed by atoms with E-state index in [4.69, 9.17) is 0 Å². The molecule has 0 aliphatic rings. The van der Waals surface area contributed by atoms with Gasteiger partial charge in [0.05, 0.1) is 6.20 Å². The molecule has 0 aliphatic carbocycles. The van der Waals surface area contributed by atoms with Crippen molar-refractivity contribution in [2.75, 3.05) is 10.6 Å². The third-order valence-corrected chi connectivity index (χ3v) is 3.91. The zero-order valence-electron chi connectivity index (χ0n) is 14.2. The van der Waals surface area contributed by atoms with Crippen molar-refractivity contribution in [3.8, 4) is 0 Å². The summed E-state index contributed by atoms with van der Waals surface area (Å²) >= 11 is 0. The van der Waals surface area contributed by atoms with E-state index in [0.717, 1.165) is 5.69 Å². The highest BCUT2D eigenvalue weighted by Gasteiger charge is 2.03. The first kappa shape index (κ1) is 15.9. The van der Waals surface area contributed by atoms with Crippen molar-refractivity contribution in [3.05, 3.63) is 70.9 Å². The van der Waals surface area contributed by atoms with Gasteiger partial charge in [0, 0.05) is 12.2 Å². The van der Waals surface area contributed by atoms with Crippen LogP contribution in [-0.4, -0.2) is 15.2 Å². The summed E-state index contributed by atoms with van der Waals surface area (Å²) < 4.78 is 0. The molecule has 2 N–H and O–H groups in total. The van der Waals surface area contributed by atoms with Crippen LogP contribution >= 0.6 is 0 Å². The highest BCUT2D eigenvalue weighted by atomic mass is 15.3. The van der Waals surface area contributed by atoms with Crippen LogP contribution in [0.4, 0.5) is 17.5 Å². The van der Waals surface area contributed by atoms with Crippen molar-refractivity contribution in [3.63, 3.8) is 0 Å². The Bertz CT molecular complexity index is 827. The predicted molar refractivity (Wildman–Crippen MR) is 97.5 cm³/mol. The molecule has 0 unspecified atom stereocenters. The summed E-state index contributed by atoms with van der Waals surface area (Å²) in [7, 11) is 0. The van der Waals surface area contributed by atoms with E-state index in [0.29, 0.717) is 18.3 Å². The molecule has 2 aromatic carbocycles. The molecular formula is C19H21N5. The maximum absolute atomic E-state index is 4.46. The third kappa shape index (κ3) is 4.07. The number of benzene rings is 2. The second-order valence-corrected chi connectivity index (χ2v) is 5.93. The van der Waals surface area contributed by atoms with Crippen molar-refractivity contribution >= 4 is 17.5 Å². The molecule has 5 nitrogen and oxygen atoms in total. The van der Waals surface area contributed by atoms with Gasteiger partial charge in [0.25, 0.3) is 0 Å². The van der Waals surface area contributed by atoms with Gasteiger partial charge in [0.1, 0.15) is 0 Å². The molecule has 3 rings (SSSR count). The Kier molecular flexibility index (Phi) is 4.70. The molecule has 24 heavy (non-hydrogen) atoms. The van der Waals surface area contributed by atoms with Gasteiger partial charge in [-0.2, -0.15) is 10.1 Å². The Balaban J connectivity index is 1.67. The summed E-state index contributed by atoms with van der Waals surface area (Å²) in [6, 6.07) is 14.6. The molecule has 0 bridgehead atoms. The van der Waals surface area contributed by atoms with Crippen molar-refractivity contribution in [2.45, 2.75) is 27.3 Å². The van der Waals surface area contributed by atoms with E-state index in [2.05, 4.69) is 83.0 Å². The average Bonchev–Trinajstić information content (AvgIpc) is 2.58. The highest BCUT2D eigenvalue weighted by molar-refractivity contribution is 5.58. The highest BCUT2D eigenvalue weighted by Crippen LogP contribution is 2.18. The fraction of sp³-hybridized carbons (Fsp3) is 0.211. The Hall–Kier alpha value is -2.95. The van der Waals surface area contributed by atoms with Crippen molar-refractivity contribution in [1.82, 2.24) is 15.2 Å². The van der Waals surface area contributed by atoms with Crippen molar-refractivity contribution in [1.29, 1.82) is 0 Å². The maximum Gasteiger partial charge on any atom is 0.244 e. The molecule has 3 aromatic rings. The SMILES string of the molecule is Cc1ccc(CNc2nncc(Nc3ccc(C)c(C)c3)n2)cc1. The van der Waals surface area contributed by atoms with E-state index in [-0.39, 0.29) is 0 Å². The Morgan fingerprint density at radius 2 is 1.71 bits per heavy atom. The Morgan fingerprint density at radius 3 is 2.46 bits per heavy atom. The smallest absolute Gasteiger partial charge is 0.244 e. The molecule has 0 radical (unpaired) electrons. The van der Waals surface area contributed by atoms with Gasteiger partial charge < -0.3 is 10.6 Å². The van der Waals surface area contributed by atoms with Gasteiger partial charge >= 0.3 is 0 Å². The van der Waals surface area contributed by atoms with Gasteiger partial charge in [-0.15, -0.1) is 5.10 Å². The Labute approximate surface area is 142 Å². The topological polar surface area (TPSA) is 62.7 Å². The van der Waals surface area contributed by atoms with Crippen LogP contribution < -0.4 is 10.6 Å². The Morgan fingerprint density at radius 1 is 0.917 bits per heavy atom. The van der Waals surface area contributed by atoms with E-state index in [1.165, 1.54) is 22.3 Å². The standard InChI is InChI=1S/C19H21N5/c1-13-4-7-16(8-5-13)11-20-19-23-18(12-21-24-19)22-17-9-6-14(2)15(3)10-17/h4-10,12H,11H2,1-3H3,(H2,20,22,23,24). The van der Waals surface area contributed by atoms with Crippen LogP contribution in [0.1, 0.15) is 22.3 Å². The second-order valence-electron chi connectivity index (χ2n) is 5.93. The molecule has 0 fully saturated rings.